The molecule has 1 N–H and O–H groups in total. The van der Waals surface area contributed by atoms with Crippen molar-refractivity contribution >= 4 is 15.8 Å². The molecule has 1 aliphatic heterocycles. The molecule has 6 heteroatoms. The number of carboxylic acids is 1. The number of sulfone groups is 1. The molecule has 1 aromatic rings. The lowest BCUT2D eigenvalue weighted by Crippen LogP contribution is -2.36. The maximum atomic E-state index is 12.2. The van der Waals surface area contributed by atoms with Crippen LogP contribution in [-0.4, -0.2) is 43.2 Å². The van der Waals surface area contributed by atoms with Crippen LogP contribution in [0.3, 0.4) is 0 Å². The fraction of sp³-hybridized carbons (Fsp3) is 0.500. The SMILES string of the molecule is O=C(O)CN(CC1CC1)C1CS(=O)(=O)c2ccccc21. The highest BCUT2D eigenvalue weighted by Gasteiger charge is 2.39. The quantitative estimate of drug-likeness (QED) is 0.886. The predicted octanol–water partition coefficient (Wildman–Crippen LogP) is 1.31. The molecule has 0 spiro atoms. The van der Waals surface area contributed by atoms with E-state index in [0.29, 0.717) is 17.4 Å². The number of carboxylic acid groups (broad SMARTS) is 1. The zero-order chi connectivity index (χ0) is 14.3. The summed E-state index contributed by atoms with van der Waals surface area (Å²) >= 11 is 0. The van der Waals surface area contributed by atoms with E-state index in [2.05, 4.69) is 0 Å². The fourth-order valence-corrected chi connectivity index (χ4v) is 4.67. The van der Waals surface area contributed by atoms with Crippen molar-refractivity contribution in [1.82, 2.24) is 4.90 Å². The van der Waals surface area contributed by atoms with E-state index in [-0.39, 0.29) is 18.3 Å². The lowest BCUT2D eigenvalue weighted by Gasteiger charge is -2.27. The Morgan fingerprint density at radius 2 is 2.00 bits per heavy atom. The summed E-state index contributed by atoms with van der Waals surface area (Å²) in [5.41, 5.74) is 0.745. The number of benzene rings is 1. The Balaban J connectivity index is 1.93. The van der Waals surface area contributed by atoms with Gasteiger partial charge in [-0.05, 0) is 30.4 Å². The molecule has 0 radical (unpaired) electrons. The van der Waals surface area contributed by atoms with Crippen LogP contribution in [0.4, 0.5) is 0 Å². The maximum Gasteiger partial charge on any atom is 0.317 e. The molecule has 5 nitrogen and oxygen atoms in total. The van der Waals surface area contributed by atoms with Gasteiger partial charge in [0.05, 0.1) is 23.2 Å². The van der Waals surface area contributed by atoms with Crippen molar-refractivity contribution in [3.8, 4) is 0 Å². The number of rotatable bonds is 5. The van der Waals surface area contributed by atoms with Gasteiger partial charge in [0.15, 0.2) is 9.84 Å². The van der Waals surface area contributed by atoms with E-state index in [1.807, 2.05) is 11.0 Å². The van der Waals surface area contributed by atoms with Gasteiger partial charge in [-0.25, -0.2) is 8.42 Å². The third kappa shape index (κ3) is 2.58. The Bertz CT molecular complexity index is 636. The molecule has 1 unspecified atom stereocenters. The molecule has 108 valence electrons. The number of hydrogen-bond donors (Lipinski definition) is 1. The molecule has 1 heterocycles. The van der Waals surface area contributed by atoms with E-state index in [4.69, 9.17) is 5.11 Å². The fourth-order valence-electron chi connectivity index (χ4n) is 2.84. The monoisotopic (exact) mass is 295 g/mol. The Labute approximate surface area is 118 Å². The zero-order valence-electron chi connectivity index (χ0n) is 11.0. The van der Waals surface area contributed by atoms with E-state index < -0.39 is 15.8 Å². The Hall–Kier alpha value is -1.40. The lowest BCUT2D eigenvalue weighted by atomic mass is 10.1. The molecular weight excluding hydrogens is 278 g/mol. The van der Waals surface area contributed by atoms with Crippen molar-refractivity contribution in [3.05, 3.63) is 29.8 Å². The van der Waals surface area contributed by atoms with Crippen molar-refractivity contribution in [2.75, 3.05) is 18.8 Å². The van der Waals surface area contributed by atoms with Gasteiger partial charge in [0, 0.05) is 6.54 Å². The molecule has 0 bridgehead atoms. The lowest BCUT2D eigenvalue weighted by molar-refractivity contribution is -0.138. The summed E-state index contributed by atoms with van der Waals surface area (Å²) in [7, 11) is -3.29. The second kappa shape index (κ2) is 4.86. The Morgan fingerprint density at radius 3 is 2.65 bits per heavy atom. The summed E-state index contributed by atoms with van der Waals surface area (Å²) < 4.78 is 24.4. The zero-order valence-corrected chi connectivity index (χ0v) is 11.8. The molecular formula is C14H17NO4S. The van der Waals surface area contributed by atoms with E-state index in [1.165, 1.54) is 0 Å². The van der Waals surface area contributed by atoms with Crippen LogP contribution < -0.4 is 0 Å². The standard InChI is InChI=1S/C14H17NO4S/c16-14(17)8-15(7-10-5-6-10)12-9-20(18,19)13-4-2-1-3-11(12)13/h1-4,10,12H,5-9H2,(H,16,17). The largest absolute Gasteiger partial charge is 0.480 e. The second-order valence-electron chi connectivity index (χ2n) is 5.60. The summed E-state index contributed by atoms with van der Waals surface area (Å²) in [6.07, 6.45) is 2.22. The average molecular weight is 295 g/mol. The normalized spacial score (nSPS) is 23.8. The van der Waals surface area contributed by atoms with Gasteiger partial charge in [-0.15, -0.1) is 0 Å². The topological polar surface area (TPSA) is 74.7 Å². The van der Waals surface area contributed by atoms with Gasteiger partial charge in [0.25, 0.3) is 0 Å². The van der Waals surface area contributed by atoms with Crippen LogP contribution in [0.2, 0.25) is 0 Å². The average Bonchev–Trinajstić information content (AvgIpc) is 3.14. The second-order valence-corrected chi connectivity index (χ2v) is 7.60. The first-order valence-corrected chi connectivity index (χ1v) is 8.40. The summed E-state index contributed by atoms with van der Waals surface area (Å²) in [6.45, 7) is 0.561. The third-order valence-corrected chi connectivity index (χ3v) is 5.76. The molecule has 0 amide bonds. The third-order valence-electron chi connectivity index (χ3n) is 3.96. The molecule has 1 atom stereocenters. The first-order valence-electron chi connectivity index (χ1n) is 6.75. The number of aliphatic carboxylic acids is 1. The predicted molar refractivity (Wildman–Crippen MR) is 73.2 cm³/mol. The van der Waals surface area contributed by atoms with Gasteiger partial charge in [0.1, 0.15) is 0 Å². The van der Waals surface area contributed by atoms with Gasteiger partial charge in [-0.3, -0.25) is 9.69 Å². The van der Waals surface area contributed by atoms with Crippen LogP contribution in [0.15, 0.2) is 29.2 Å². The summed E-state index contributed by atoms with van der Waals surface area (Å²) in [5.74, 6) is -0.399. The van der Waals surface area contributed by atoms with Gasteiger partial charge < -0.3 is 5.11 Å². The first-order chi connectivity index (χ1) is 9.47. The van der Waals surface area contributed by atoms with Crippen molar-refractivity contribution in [2.45, 2.75) is 23.8 Å². The number of fused-ring (bicyclic) bond motifs is 1. The molecule has 1 saturated carbocycles. The Morgan fingerprint density at radius 1 is 1.30 bits per heavy atom. The van der Waals surface area contributed by atoms with Crippen LogP contribution in [-0.2, 0) is 14.6 Å². The van der Waals surface area contributed by atoms with Gasteiger partial charge in [-0.1, -0.05) is 18.2 Å². The molecule has 1 aliphatic carbocycles. The first kappa shape index (κ1) is 13.6. The molecule has 1 fully saturated rings. The van der Waals surface area contributed by atoms with Crippen LogP contribution in [0, 0.1) is 5.92 Å². The van der Waals surface area contributed by atoms with Crippen LogP contribution in [0.1, 0.15) is 24.4 Å². The molecule has 3 rings (SSSR count). The van der Waals surface area contributed by atoms with Crippen LogP contribution in [0.25, 0.3) is 0 Å². The number of hydrogen-bond acceptors (Lipinski definition) is 4. The highest BCUT2D eigenvalue weighted by Crippen LogP contribution is 2.39. The molecule has 2 aliphatic rings. The molecule has 0 saturated heterocycles. The van der Waals surface area contributed by atoms with E-state index >= 15 is 0 Å². The van der Waals surface area contributed by atoms with Crippen LogP contribution >= 0.6 is 0 Å². The van der Waals surface area contributed by atoms with Crippen molar-refractivity contribution in [1.29, 1.82) is 0 Å². The Kier molecular flexibility index (Phi) is 3.30. The minimum atomic E-state index is -3.29. The molecule has 0 aromatic heterocycles. The van der Waals surface area contributed by atoms with Crippen molar-refractivity contribution in [3.63, 3.8) is 0 Å². The van der Waals surface area contributed by atoms with Crippen LogP contribution in [0.5, 0.6) is 0 Å². The van der Waals surface area contributed by atoms with E-state index in [0.717, 1.165) is 18.4 Å². The smallest absolute Gasteiger partial charge is 0.317 e. The van der Waals surface area contributed by atoms with Gasteiger partial charge >= 0.3 is 5.97 Å². The van der Waals surface area contributed by atoms with E-state index in [9.17, 15) is 13.2 Å². The molecule has 1 aromatic carbocycles. The number of nitrogens with zero attached hydrogens (tertiary/aromatic N) is 1. The van der Waals surface area contributed by atoms with Gasteiger partial charge in [-0.2, -0.15) is 0 Å². The maximum absolute atomic E-state index is 12.2. The minimum absolute atomic E-state index is 0.00759. The van der Waals surface area contributed by atoms with E-state index in [1.54, 1.807) is 18.2 Å². The summed E-state index contributed by atoms with van der Waals surface area (Å²) in [6, 6.07) is 6.60. The molecule has 20 heavy (non-hydrogen) atoms. The minimum Gasteiger partial charge on any atom is -0.480 e. The van der Waals surface area contributed by atoms with Gasteiger partial charge in [0.2, 0.25) is 0 Å². The highest BCUT2D eigenvalue weighted by atomic mass is 32.2. The number of carbonyl (C=O) groups is 1. The summed E-state index contributed by atoms with van der Waals surface area (Å²) in [4.78, 5) is 13.2. The van der Waals surface area contributed by atoms with Crippen molar-refractivity contribution in [2.24, 2.45) is 5.92 Å². The highest BCUT2D eigenvalue weighted by molar-refractivity contribution is 7.91. The van der Waals surface area contributed by atoms with Crippen molar-refractivity contribution < 1.29 is 18.3 Å². The summed E-state index contributed by atoms with van der Waals surface area (Å²) in [5, 5.41) is 9.06.